The predicted molar refractivity (Wildman–Crippen MR) is 132 cm³/mol. The van der Waals surface area contributed by atoms with E-state index in [9.17, 15) is 0 Å². The van der Waals surface area contributed by atoms with E-state index in [0.717, 1.165) is 0 Å². The van der Waals surface area contributed by atoms with Gasteiger partial charge in [0.15, 0.2) is 0 Å². The van der Waals surface area contributed by atoms with Gasteiger partial charge in [-0.25, -0.2) is 0 Å². The van der Waals surface area contributed by atoms with Crippen LogP contribution in [0.2, 0.25) is 0 Å². The Bertz CT molecular complexity index is 1440. The number of nitrogens with zero attached hydrogens (tertiary/aromatic N) is 2. The highest BCUT2D eigenvalue weighted by Gasteiger charge is 2.32. The Morgan fingerprint density at radius 2 is 1.35 bits per heavy atom. The van der Waals surface area contributed by atoms with Gasteiger partial charge in [0.1, 0.15) is 0 Å². The first kappa shape index (κ1) is 19.8. The van der Waals surface area contributed by atoms with Gasteiger partial charge >= 0.3 is 0 Å². The van der Waals surface area contributed by atoms with Gasteiger partial charge in [0.25, 0.3) is 5.52 Å². The van der Waals surface area contributed by atoms with Crippen molar-refractivity contribution in [1.29, 1.82) is 0 Å². The first-order valence-corrected chi connectivity index (χ1v) is 11.4. The summed E-state index contributed by atoms with van der Waals surface area (Å²) < 4.78 is 5.02. The number of rotatable bonds is 3. The van der Waals surface area contributed by atoms with Crippen LogP contribution in [-0.4, -0.2) is 4.68 Å². The monoisotopic (exact) mass is 407 g/mol. The zero-order valence-corrected chi connectivity index (χ0v) is 19.4. The maximum Gasteiger partial charge on any atom is 0.254 e. The minimum Gasteiger partial charge on any atom is -0.149 e. The molecule has 0 aliphatic carbocycles. The number of pyridine rings is 1. The van der Waals surface area contributed by atoms with E-state index >= 15 is 0 Å². The second kappa shape index (κ2) is 7.23. The Labute approximate surface area is 184 Å². The van der Waals surface area contributed by atoms with Gasteiger partial charge < -0.3 is 0 Å². The molecular weight excluding hydrogens is 376 g/mol. The standard InChI is InChI=1S/C29H31N2/c1-18(2)23-15-11-17-24-26-20(5)12-10-16-25(26)29-27(22-13-8-7-9-14-22)21(6)30(19(3)4)31(29)28(23)24/h7-19H,1-6H3/q+1. The molecule has 2 heterocycles. The van der Waals surface area contributed by atoms with Crippen LogP contribution in [0.4, 0.5) is 0 Å². The molecule has 0 saturated carbocycles. The van der Waals surface area contributed by atoms with Crippen LogP contribution < -0.4 is 4.52 Å². The molecule has 0 amide bonds. The molecule has 31 heavy (non-hydrogen) atoms. The number of aromatic nitrogens is 2. The minimum absolute atomic E-state index is 0.343. The van der Waals surface area contributed by atoms with Gasteiger partial charge in [-0.2, -0.15) is 0 Å². The molecule has 156 valence electrons. The summed E-state index contributed by atoms with van der Waals surface area (Å²) >= 11 is 0. The van der Waals surface area contributed by atoms with Crippen LogP contribution in [0.3, 0.4) is 0 Å². The van der Waals surface area contributed by atoms with E-state index in [1.54, 1.807) is 0 Å². The summed E-state index contributed by atoms with van der Waals surface area (Å²) in [5, 5.41) is 4.05. The van der Waals surface area contributed by atoms with Gasteiger partial charge in [0.05, 0.1) is 28.1 Å². The normalized spacial score (nSPS) is 12.1. The van der Waals surface area contributed by atoms with Crippen molar-refractivity contribution in [3.63, 3.8) is 0 Å². The number of benzene rings is 3. The van der Waals surface area contributed by atoms with Crippen LogP contribution in [-0.2, 0) is 0 Å². The first-order chi connectivity index (χ1) is 14.9. The summed E-state index contributed by atoms with van der Waals surface area (Å²) in [6, 6.07) is 24.8. The molecule has 0 spiro atoms. The third kappa shape index (κ3) is 2.81. The van der Waals surface area contributed by atoms with Crippen LogP contribution in [0.15, 0.2) is 66.7 Å². The molecule has 5 aromatic rings. The SMILES string of the molecule is Cc1cccc2c1c1cccc(C(C)C)c1[n+]1c2c(-c2ccccc2)c(C)n1C(C)C. The van der Waals surface area contributed by atoms with Crippen molar-refractivity contribution in [3.8, 4) is 11.1 Å². The van der Waals surface area contributed by atoms with Gasteiger partial charge in [-0.3, -0.25) is 0 Å². The van der Waals surface area contributed by atoms with E-state index in [2.05, 4.69) is 117 Å². The smallest absolute Gasteiger partial charge is 0.149 e. The number of aryl methyl sites for hydroxylation is 1. The highest BCUT2D eigenvalue weighted by Crippen LogP contribution is 2.38. The van der Waals surface area contributed by atoms with Gasteiger partial charge in [-0.05, 0) is 56.9 Å². The van der Waals surface area contributed by atoms with E-state index in [4.69, 9.17) is 0 Å². The topological polar surface area (TPSA) is 9.03 Å². The van der Waals surface area contributed by atoms with Crippen LogP contribution in [0.25, 0.3) is 38.3 Å². The second-order valence-electron chi connectivity index (χ2n) is 9.32. The van der Waals surface area contributed by atoms with Crippen molar-refractivity contribution < 1.29 is 4.52 Å². The third-order valence-electron chi connectivity index (χ3n) is 6.62. The molecule has 3 aromatic carbocycles. The average Bonchev–Trinajstić information content (AvgIpc) is 3.07. The lowest BCUT2D eigenvalue weighted by Gasteiger charge is -2.13. The molecule has 0 unspecified atom stereocenters. The molecule has 2 nitrogen and oxygen atoms in total. The van der Waals surface area contributed by atoms with Crippen LogP contribution in [0.5, 0.6) is 0 Å². The lowest BCUT2D eigenvalue weighted by molar-refractivity contribution is -0.586. The van der Waals surface area contributed by atoms with Gasteiger partial charge in [0, 0.05) is 10.9 Å². The van der Waals surface area contributed by atoms with Crippen LogP contribution in [0.1, 0.15) is 56.5 Å². The summed E-state index contributed by atoms with van der Waals surface area (Å²) in [7, 11) is 0. The molecule has 0 saturated heterocycles. The van der Waals surface area contributed by atoms with Crippen LogP contribution in [0, 0.1) is 13.8 Å². The molecule has 0 N–H and O–H groups in total. The molecular formula is C29H31N2+. The van der Waals surface area contributed by atoms with Crippen molar-refractivity contribution in [1.82, 2.24) is 4.68 Å². The lowest BCUT2D eigenvalue weighted by atomic mass is 9.93. The Balaban J connectivity index is 2.19. The van der Waals surface area contributed by atoms with Gasteiger partial charge in [-0.1, -0.05) is 73.0 Å². The molecule has 0 atom stereocenters. The number of para-hydroxylation sites is 1. The predicted octanol–water partition coefficient (Wildman–Crippen LogP) is 7.52. The van der Waals surface area contributed by atoms with Crippen LogP contribution >= 0.6 is 0 Å². The molecule has 2 heteroatoms. The van der Waals surface area contributed by atoms with E-state index in [1.807, 2.05) is 0 Å². The summed E-state index contributed by atoms with van der Waals surface area (Å²) in [5.74, 6) is 0.442. The highest BCUT2D eigenvalue weighted by atomic mass is 15.4. The maximum atomic E-state index is 2.52. The zero-order valence-electron chi connectivity index (χ0n) is 19.4. The molecule has 2 aromatic heterocycles. The van der Waals surface area contributed by atoms with E-state index < -0.39 is 0 Å². The summed E-state index contributed by atoms with van der Waals surface area (Å²) in [5.41, 5.74) is 9.32. The van der Waals surface area contributed by atoms with Crippen molar-refractivity contribution in [3.05, 3.63) is 83.6 Å². The largest absolute Gasteiger partial charge is 0.254 e. The van der Waals surface area contributed by atoms with Crippen molar-refractivity contribution in [2.75, 3.05) is 0 Å². The second-order valence-corrected chi connectivity index (χ2v) is 9.32. The third-order valence-corrected chi connectivity index (χ3v) is 6.62. The van der Waals surface area contributed by atoms with Gasteiger partial charge in [0.2, 0.25) is 5.52 Å². The number of hydrogen-bond acceptors (Lipinski definition) is 0. The fraction of sp³-hybridized carbons (Fsp3) is 0.276. The first-order valence-electron chi connectivity index (χ1n) is 11.4. The summed E-state index contributed by atoms with van der Waals surface area (Å²) in [6.07, 6.45) is 0. The minimum atomic E-state index is 0.343. The van der Waals surface area contributed by atoms with Crippen molar-refractivity contribution >= 4 is 27.2 Å². The summed E-state index contributed by atoms with van der Waals surface area (Å²) in [6.45, 7) is 13.7. The molecule has 5 rings (SSSR count). The Kier molecular flexibility index (Phi) is 4.62. The Morgan fingerprint density at radius 1 is 0.710 bits per heavy atom. The molecule has 0 radical (unpaired) electrons. The fourth-order valence-electron chi connectivity index (χ4n) is 5.37. The maximum absolute atomic E-state index is 2.52. The molecule has 0 bridgehead atoms. The fourth-order valence-corrected chi connectivity index (χ4v) is 5.37. The number of hydrogen-bond donors (Lipinski definition) is 0. The number of fused-ring (bicyclic) bond motifs is 6. The van der Waals surface area contributed by atoms with E-state index in [1.165, 1.54) is 55.1 Å². The van der Waals surface area contributed by atoms with Gasteiger partial charge in [-0.15, -0.1) is 4.68 Å². The summed E-state index contributed by atoms with van der Waals surface area (Å²) in [4.78, 5) is 0. The highest BCUT2D eigenvalue weighted by molar-refractivity contribution is 6.14. The van der Waals surface area contributed by atoms with E-state index in [0.29, 0.717) is 12.0 Å². The average molecular weight is 408 g/mol. The Morgan fingerprint density at radius 3 is 2.00 bits per heavy atom. The van der Waals surface area contributed by atoms with Crippen molar-refractivity contribution in [2.24, 2.45) is 0 Å². The molecule has 0 aliphatic heterocycles. The quantitative estimate of drug-likeness (QED) is 0.216. The van der Waals surface area contributed by atoms with E-state index in [-0.39, 0.29) is 0 Å². The Hall–Kier alpha value is -3.13. The van der Waals surface area contributed by atoms with Crippen molar-refractivity contribution in [2.45, 2.75) is 53.5 Å². The molecule has 0 aliphatic rings. The zero-order chi connectivity index (χ0) is 21.9. The lowest BCUT2D eigenvalue weighted by Crippen LogP contribution is -2.36. The molecule has 0 fully saturated rings.